The maximum Gasteiger partial charge on any atom is 0.251 e. The smallest absolute Gasteiger partial charge is 0.251 e. The predicted molar refractivity (Wildman–Crippen MR) is 142 cm³/mol. The Labute approximate surface area is 205 Å². The minimum absolute atomic E-state index is 0.0184. The highest BCUT2D eigenvalue weighted by atomic mass is 16.1. The van der Waals surface area contributed by atoms with Crippen LogP contribution in [0.1, 0.15) is 43.4 Å². The summed E-state index contributed by atoms with van der Waals surface area (Å²) in [5.74, 6) is 1.19. The van der Waals surface area contributed by atoms with Gasteiger partial charge in [-0.3, -0.25) is 19.7 Å². The van der Waals surface area contributed by atoms with E-state index in [1.807, 2.05) is 38.6 Å². The number of H-pyrrole nitrogens is 1. The molecule has 1 saturated heterocycles. The molecule has 0 atom stereocenters. The third-order valence-electron chi connectivity index (χ3n) is 6.95. The van der Waals surface area contributed by atoms with E-state index in [0.717, 1.165) is 66.2 Å². The van der Waals surface area contributed by atoms with Crippen LogP contribution in [0.4, 0.5) is 11.5 Å². The Morgan fingerprint density at radius 2 is 1.89 bits per heavy atom. The van der Waals surface area contributed by atoms with Crippen molar-refractivity contribution in [2.75, 3.05) is 43.4 Å². The van der Waals surface area contributed by atoms with Crippen molar-refractivity contribution in [1.82, 2.24) is 24.8 Å². The number of pyridine rings is 4. The number of anilines is 2. The van der Waals surface area contributed by atoms with Crippen molar-refractivity contribution in [3.63, 3.8) is 0 Å². The van der Waals surface area contributed by atoms with Gasteiger partial charge in [0.05, 0.1) is 22.9 Å². The van der Waals surface area contributed by atoms with Gasteiger partial charge >= 0.3 is 0 Å². The molecule has 0 unspecified atom stereocenters. The molecule has 0 bridgehead atoms. The lowest BCUT2D eigenvalue weighted by atomic mass is 9.96. The van der Waals surface area contributed by atoms with Crippen molar-refractivity contribution >= 4 is 33.4 Å². The normalized spacial score (nSPS) is 14.8. The molecular weight excluding hydrogens is 438 g/mol. The quantitative estimate of drug-likeness (QED) is 0.441. The number of hydrogen-bond donors (Lipinski definition) is 2. The van der Waals surface area contributed by atoms with Gasteiger partial charge in [0.1, 0.15) is 5.52 Å². The molecule has 0 spiro atoms. The van der Waals surface area contributed by atoms with Crippen molar-refractivity contribution in [3.8, 4) is 0 Å². The van der Waals surface area contributed by atoms with E-state index in [0.29, 0.717) is 12.3 Å². The summed E-state index contributed by atoms with van der Waals surface area (Å²) in [7, 11) is 1.89. The van der Waals surface area contributed by atoms with E-state index < -0.39 is 0 Å². The van der Waals surface area contributed by atoms with Gasteiger partial charge in [-0.05, 0) is 41.7 Å². The maximum absolute atomic E-state index is 12.2. The number of hydrogen-bond acceptors (Lipinski definition) is 7. The van der Waals surface area contributed by atoms with Gasteiger partial charge in [-0.2, -0.15) is 0 Å². The van der Waals surface area contributed by atoms with Crippen molar-refractivity contribution in [1.29, 1.82) is 0 Å². The lowest BCUT2D eigenvalue weighted by Crippen LogP contribution is -2.46. The van der Waals surface area contributed by atoms with Crippen LogP contribution < -0.4 is 15.8 Å². The zero-order valence-corrected chi connectivity index (χ0v) is 20.9. The number of fused-ring (bicyclic) bond motifs is 2. The van der Waals surface area contributed by atoms with Crippen LogP contribution >= 0.6 is 0 Å². The SMILES string of the molecule is CCc1cc2ncc(CN3CCN(c4cnc5c(NC)nccc5c4C(C)C)CC3)cc2[nH]c1=O. The number of aryl methyl sites for hydroxylation is 1. The second kappa shape index (κ2) is 9.62. The molecule has 182 valence electrons. The maximum atomic E-state index is 12.2. The van der Waals surface area contributed by atoms with Crippen LogP contribution in [-0.2, 0) is 13.0 Å². The fourth-order valence-electron chi connectivity index (χ4n) is 5.10. The van der Waals surface area contributed by atoms with E-state index in [1.54, 1.807) is 0 Å². The van der Waals surface area contributed by atoms with Gasteiger partial charge in [0.2, 0.25) is 0 Å². The summed E-state index contributed by atoms with van der Waals surface area (Å²) < 4.78 is 0. The minimum Gasteiger partial charge on any atom is -0.371 e. The van der Waals surface area contributed by atoms with Crippen LogP contribution in [0.3, 0.4) is 0 Å². The average Bonchev–Trinajstić information content (AvgIpc) is 2.87. The van der Waals surface area contributed by atoms with E-state index in [2.05, 4.69) is 56.0 Å². The Morgan fingerprint density at radius 3 is 2.60 bits per heavy atom. The van der Waals surface area contributed by atoms with E-state index >= 15 is 0 Å². The third-order valence-corrected chi connectivity index (χ3v) is 6.95. The largest absolute Gasteiger partial charge is 0.371 e. The number of aromatic nitrogens is 4. The first-order valence-electron chi connectivity index (χ1n) is 12.4. The van der Waals surface area contributed by atoms with Crippen LogP contribution in [0, 0.1) is 0 Å². The molecule has 8 heteroatoms. The zero-order valence-electron chi connectivity index (χ0n) is 20.9. The Kier molecular flexibility index (Phi) is 6.38. The van der Waals surface area contributed by atoms with E-state index in [9.17, 15) is 4.79 Å². The van der Waals surface area contributed by atoms with E-state index in [4.69, 9.17) is 4.98 Å². The molecule has 0 aromatic carbocycles. The Hall–Kier alpha value is -3.52. The molecule has 1 fully saturated rings. The van der Waals surface area contributed by atoms with Gasteiger partial charge in [0.25, 0.3) is 5.56 Å². The number of piperazine rings is 1. The second-order valence-electron chi connectivity index (χ2n) is 9.53. The van der Waals surface area contributed by atoms with Gasteiger partial charge in [-0.1, -0.05) is 20.8 Å². The number of nitrogens with zero attached hydrogens (tertiary/aromatic N) is 5. The number of nitrogens with one attached hydrogen (secondary N) is 2. The first-order valence-corrected chi connectivity index (χ1v) is 12.4. The van der Waals surface area contributed by atoms with Crippen molar-refractivity contribution in [2.45, 2.75) is 39.7 Å². The molecule has 35 heavy (non-hydrogen) atoms. The monoisotopic (exact) mass is 471 g/mol. The van der Waals surface area contributed by atoms with Crippen molar-refractivity contribution in [2.24, 2.45) is 0 Å². The van der Waals surface area contributed by atoms with E-state index in [1.165, 1.54) is 16.6 Å². The van der Waals surface area contributed by atoms with E-state index in [-0.39, 0.29) is 5.56 Å². The molecule has 0 saturated carbocycles. The Balaban J connectivity index is 1.33. The highest BCUT2D eigenvalue weighted by molar-refractivity contribution is 5.94. The van der Waals surface area contributed by atoms with Crippen LogP contribution in [0.5, 0.6) is 0 Å². The lowest BCUT2D eigenvalue weighted by molar-refractivity contribution is 0.249. The molecule has 4 aromatic rings. The first-order chi connectivity index (χ1) is 17.0. The molecule has 5 heterocycles. The van der Waals surface area contributed by atoms with Crippen LogP contribution in [0.25, 0.3) is 21.9 Å². The summed E-state index contributed by atoms with van der Waals surface area (Å²) in [6.45, 7) is 11.1. The highest BCUT2D eigenvalue weighted by Crippen LogP contribution is 2.35. The first kappa shape index (κ1) is 23.2. The highest BCUT2D eigenvalue weighted by Gasteiger charge is 2.23. The number of aromatic amines is 1. The topological polar surface area (TPSA) is 90.0 Å². The number of rotatable bonds is 6. The molecule has 1 aliphatic heterocycles. The minimum atomic E-state index is -0.0184. The van der Waals surface area contributed by atoms with Gasteiger partial charge < -0.3 is 15.2 Å². The van der Waals surface area contributed by atoms with Gasteiger partial charge in [0.15, 0.2) is 5.82 Å². The molecule has 5 rings (SSSR count). The molecule has 4 aromatic heterocycles. The Morgan fingerprint density at radius 1 is 1.09 bits per heavy atom. The standard InChI is InChI=1S/C27H33N7O/c1-5-19-13-21-22(32-27(19)35)12-18(14-30-21)16-33-8-10-34(11-9-33)23-15-31-25-20(24(23)17(2)3)6-7-29-26(25)28-4/h6-7,12-15,17H,5,8-11,16H2,1-4H3,(H,28,29)(H,32,35). The molecule has 1 aliphatic rings. The van der Waals surface area contributed by atoms with Crippen LogP contribution in [-0.4, -0.2) is 58.1 Å². The summed E-state index contributed by atoms with van der Waals surface area (Å²) in [5.41, 5.74) is 7.00. The summed E-state index contributed by atoms with van der Waals surface area (Å²) in [4.78, 5) is 33.9. The fraction of sp³-hybridized carbons (Fsp3) is 0.407. The molecule has 8 nitrogen and oxygen atoms in total. The second-order valence-corrected chi connectivity index (χ2v) is 9.53. The van der Waals surface area contributed by atoms with Gasteiger partial charge in [-0.15, -0.1) is 0 Å². The molecule has 0 amide bonds. The summed E-state index contributed by atoms with van der Waals surface area (Å²) in [6, 6.07) is 6.04. The van der Waals surface area contributed by atoms with Gasteiger partial charge in [0, 0.05) is 63.1 Å². The molecular formula is C27H33N7O. The predicted octanol–water partition coefficient (Wildman–Crippen LogP) is 3.92. The third kappa shape index (κ3) is 4.46. The van der Waals surface area contributed by atoms with Crippen molar-refractivity contribution in [3.05, 3.63) is 63.8 Å². The lowest BCUT2D eigenvalue weighted by Gasteiger charge is -2.37. The summed E-state index contributed by atoms with van der Waals surface area (Å²) in [5, 5.41) is 4.33. The summed E-state index contributed by atoms with van der Waals surface area (Å²) >= 11 is 0. The zero-order chi connectivity index (χ0) is 24.5. The van der Waals surface area contributed by atoms with Gasteiger partial charge in [-0.25, -0.2) is 4.98 Å². The van der Waals surface area contributed by atoms with Crippen LogP contribution in [0.2, 0.25) is 0 Å². The Bertz CT molecular complexity index is 1420. The average molecular weight is 472 g/mol. The fourth-order valence-corrected chi connectivity index (χ4v) is 5.10. The van der Waals surface area contributed by atoms with Crippen molar-refractivity contribution < 1.29 is 0 Å². The molecule has 0 aliphatic carbocycles. The summed E-state index contributed by atoms with van der Waals surface area (Å²) in [6.07, 6.45) is 6.52. The molecule has 2 N–H and O–H groups in total. The van der Waals surface area contributed by atoms with Crippen LogP contribution in [0.15, 0.2) is 41.6 Å². The molecule has 0 radical (unpaired) electrons.